The number of fused-ring (bicyclic) bond motifs is 1. The molecule has 2 heterocycles. The summed E-state index contributed by atoms with van der Waals surface area (Å²) in [6.45, 7) is 4.33. The van der Waals surface area contributed by atoms with Crippen molar-refractivity contribution < 1.29 is 19.1 Å². The largest absolute Gasteiger partial charge is 0.478 e. The predicted octanol–water partition coefficient (Wildman–Crippen LogP) is 6.36. The zero-order valence-corrected chi connectivity index (χ0v) is 21.0. The maximum absolute atomic E-state index is 13.4. The highest BCUT2D eigenvalue weighted by Crippen LogP contribution is 2.39. The van der Waals surface area contributed by atoms with Crippen molar-refractivity contribution in [3.8, 4) is 27.6 Å². The van der Waals surface area contributed by atoms with E-state index in [2.05, 4.69) is 0 Å². The lowest BCUT2D eigenvalue weighted by atomic mass is 10.0. The van der Waals surface area contributed by atoms with Crippen LogP contribution in [0.3, 0.4) is 0 Å². The Bertz CT molecular complexity index is 1400. The fourth-order valence-corrected chi connectivity index (χ4v) is 5.05. The second-order valence-electron chi connectivity index (χ2n) is 8.45. The summed E-state index contributed by atoms with van der Waals surface area (Å²) in [6.07, 6.45) is 0.00637. The molecular weight excluding hydrogens is 472 g/mol. The number of hydrogen-bond acceptors (Lipinski definition) is 6. The maximum atomic E-state index is 13.4. The third-order valence-electron chi connectivity index (χ3n) is 6.03. The highest BCUT2D eigenvalue weighted by Gasteiger charge is 2.34. The van der Waals surface area contributed by atoms with Gasteiger partial charge in [0.05, 0.1) is 30.1 Å². The van der Waals surface area contributed by atoms with Crippen molar-refractivity contribution in [2.24, 2.45) is 0 Å². The van der Waals surface area contributed by atoms with E-state index < -0.39 is 6.10 Å². The van der Waals surface area contributed by atoms with Gasteiger partial charge < -0.3 is 14.4 Å². The van der Waals surface area contributed by atoms with Gasteiger partial charge in [-0.3, -0.25) is 4.79 Å². The van der Waals surface area contributed by atoms with Gasteiger partial charge in [0.1, 0.15) is 10.8 Å². The van der Waals surface area contributed by atoms with Crippen LogP contribution < -0.4 is 9.64 Å². The van der Waals surface area contributed by atoms with Crippen molar-refractivity contribution >= 4 is 28.9 Å². The van der Waals surface area contributed by atoms with Gasteiger partial charge in [-0.05, 0) is 49.2 Å². The third kappa shape index (κ3) is 4.75. The van der Waals surface area contributed by atoms with Gasteiger partial charge in [-0.1, -0.05) is 49.4 Å². The maximum Gasteiger partial charge on any atom is 0.338 e. The molecule has 0 saturated carbocycles. The Labute approximate surface area is 214 Å². The molecule has 4 aromatic rings. The number of hydrogen-bond donors (Lipinski definition) is 0. The second-order valence-corrected chi connectivity index (χ2v) is 9.30. The van der Waals surface area contributed by atoms with E-state index in [1.807, 2.05) is 73.0 Å². The van der Waals surface area contributed by atoms with E-state index >= 15 is 0 Å². The topological polar surface area (TPSA) is 68.7 Å². The van der Waals surface area contributed by atoms with Gasteiger partial charge in [-0.15, -0.1) is 11.3 Å². The molecule has 36 heavy (non-hydrogen) atoms. The van der Waals surface area contributed by atoms with Gasteiger partial charge in [-0.25, -0.2) is 9.78 Å². The Morgan fingerprint density at radius 3 is 2.64 bits per heavy atom. The SMILES string of the molecule is CCOC(=O)c1cccc(CN2C(=O)C(CC)Oc3ccc(-c4csc(-c5ccccc5)n4)cc32)c1. The van der Waals surface area contributed by atoms with E-state index in [1.165, 1.54) is 0 Å². The molecule has 7 heteroatoms. The van der Waals surface area contributed by atoms with Crippen molar-refractivity contribution in [1.82, 2.24) is 4.98 Å². The predicted molar refractivity (Wildman–Crippen MR) is 141 cm³/mol. The molecule has 1 aliphatic heterocycles. The molecule has 0 saturated heterocycles. The molecule has 0 N–H and O–H groups in total. The van der Waals surface area contributed by atoms with Crippen molar-refractivity contribution in [2.45, 2.75) is 32.9 Å². The number of ether oxygens (including phenoxy) is 2. The van der Waals surface area contributed by atoms with Crippen LogP contribution >= 0.6 is 11.3 Å². The van der Waals surface area contributed by atoms with Crippen LogP contribution in [0.25, 0.3) is 21.8 Å². The van der Waals surface area contributed by atoms with Crippen LogP contribution in [-0.2, 0) is 16.1 Å². The molecule has 1 unspecified atom stereocenters. The first-order chi connectivity index (χ1) is 17.6. The summed E-state index contributed by atoms with van der Waals surface area (Å²) in [5.41, 5.74) is 4.81. The first-order valence-corrected chi connectivity index (χ1v) is 12.8. The van der Waals surface area contributed by atoms with Gasteiger partial charge in [0.2, 0.25) is 0 Å². The standard InChI is InChI=1S/C29H26N2O4S/c1-3-25-28(32)31(17-19-9-8-12-22(15-19)29(33)34-4-2)24-16-21(13-14-26(24)35-25)23-18-36-27(30-23)20-10-6-5-7-11-20/h5-16,18,25H,3-4,17H2,1-2H3. The van der Waals surface area contributed by atoms with E-state index in [0.717, 1.165) is 27.4 Å². The second kappa shape index (κ2) is 10.3. The molecule has 0 bridgehead atoms. The van der Waals surface area contributed by atoms with E-state index in [-0.39, 0.29) is 11.9 Å². The molecule has 0 radical (unpaired) electrons. The van der Waals surface area contributed by atoms with E-state index in [1.54, 1.807) is 35.3 Å². The number of nitrogens with zero attached hydrogens (tertiary/aromatic N) is 2. The lowest BCUT2D eigenvalue weighted by Crippen LogP contribution is -2.45. The zero-order chi connectivity index (χ0) is 25.1. The number of esters is 1. The molecule has 0 fully saturated rings. The van der Waals surface area contributed by atoms with Crippen molar-refractivity contribution in [2.75, 3.05) is 11.5 Å². The number of thiazole rings is 1. The summed E-state index contributed by atoms with van der Waals surface area (Å²) < 4.78 is 11.2. The number of rotatable bonds is 7. The lowest BCUT2D eigenvalue weighted by Gasteiger charge is -2.34. The fraction of sp³-hybridized carbons (Fsp3) is 0.207. The number of aromatic nitrogens is 1. The smallest absolute Gasteiger partial charge is 0.338 e. The average Bonchev–Trinajstić information content (AvgIpc) is 3.41. The minimum atomic E-state index is -0.555. The minimum Gasteiger partial charge on any atom is -0.478 e. The summed E-state index contributed by atoms with van der Waals surface area (Å²) in [5.74, 6) is 0.178. The number of carbonyl (C=O) groups is 2. The van der Waals surface area contributed by atoms with Crippen LogP contribution in [-0.4, -0.2) is 29.6 Å². The highest BCUT2D eigenvalue weighted by molar-refractivity contribution is 7.13. The molecule has 3 aromatic carbocycles. The van der Waals surface area contributed by atoms with Gasteiger partial charge >= 0.3 is 5.97 Å². The first-order valence-electron chi connectivity index (χ1n) is 12.0. The van der Waals surface area contributed by atoms with Crippen LogP contribution in [0.2, 0.25) is 0 Å². The van der Waals surface area contributed by atoms with E-state index in [0.29, 0.717) is 36.6 Å². The molecule has 6 nitrogen and oxygen atoms in total. The van der Waals surface area contributed by atoms with Crippen molar-refractivity contribution in [3.05, 3.63) is 89.3 Å². The molecule has 1 aliphatic rings. The summed E-state index contributed by atoms with van der Waals surface area (Å²) >= 11 is 1.58. The molecule has 0 spiro atoms. The third-order valence-corrected chi connectivity index (χ3v) is 6.92. The van der Waals surface area contributed by atoms with Crippen molar-refractivity contribution in [1.29, 1.82) is 0 Å². The number of benzene rings is 3. The Morgan fingerprint density at radius 1 is 1.03 bits per heavy atom. The summed E-state index contributed by atoms with van der Waals surface area (Å²) in [6, 6.07) is 23.1. The minimum absolute atomic E-state index is 0.105. The van der Waals surface area contributed by atoms with Crippen LogP contribution in [0.1, 0.15) is 36.2 Å². The van der Waals surface area contributed by atoms with Crippen LogP contribution in [0.5, 0.6) is 5.75 Å². The molecular formula is C29H26N2O4S. The normalized spacial score (nSPS) is 14.8. The number of carbonyl (C=O) groups excluding carboxylic acids is 2. The van der Waals surface area contributed by atoms with Crippen LogP contribution in [0.15, 0.2) is 78.2 Å². The Kier molecular flexibility index (Phi) is 6.82. The van der Waals surface area contributed by atoms with Crippen molar-refractivity contribution in [3.63, 3.8) is 0 Å². The Morgan fingerprint density at radius 2 is 1.86 bits per heavy atom. The quantitative estimate of drug-likeness (QED) is 0.277. The molecule has 182 valence electrons. The summed E-state index contributed by atoms with van der Waals surface area (Å²) in [5, 5.41) is 2.96. The van der Waals surface area contributed by atoms with E-state index in [9.17, 15) is 9.59 Å². The van der Waals surface area contributed by atoms with Gasteiger partial charge in [0, 0.05) is 16.5 Å². The van der Waals surface area contributed by atoms with Crippen LogP contribution in [0.4, 0.5) is 5.69 Å². The zero-order valence-electron chi connectivity index (χ0n) is 20.1. The van der Waals surface area contributed by atoms with Crippen LogP contribution in [0, 0.1) is 0 Å². The summed E-state index contributed by atoms with van der Waals surface area (Å²) in [4.78, 5) is 32.2. The fourth-order valence-electron chi connectivity index (χ4n) is 4.22. The van der Waals surface area contributed by atoms with Gasteiger partial charge in [0.15, 0.2) is 6.10 Å². The molecule has 1 atom stereocenters. The molecule has 5 rings (SSSR count). The monoisotopic (exact) mass is 498 g/mol. The lowest BCUT2D eigenvalue weighted by molar-refractivity contribution is -0.126. The molecule has 1 amide bonds. The first kappa shape index (κ1) is 23.8. The van der Waals surface area contributed by atoms with Gasteiger partial charge in [0.25, 0.3) is 5.91 Å². The summed E-state index contributed by atoms with van der Waals surface area (Å²) in [7, 11) is 0. The van der Waals surface area contributed by atoms with Gasteiger partial charge in [-0.2, -0.15) is 0 Å². The molecule has 1 aromatic heterocycles. The Balaban J connectivity index is 1.49. The Hall–Kier alpha value is -3.97. The highest BCUT2D eigenvalue weighted by atomic mass is 32.1. The number of anilines is 1. The number of amides is 1. The molecule has 0 aliphatic carbocycles. The van der Waals surface area contributed by atoms with E-state index in [4.69, 9.17) is 14.5 Å². The average molecular weight is 499 g/mol.